The molecule has 1 aliphatic heterocycles. The Labute approximate surface area is 208 Å². The standard InChI is InChI=1S/C31H35N3O/c35-31(32-18-21-33-19-10-3-11-20-33)22-28(26-14-6-2-7-15-26)29-24-34(23-25-12-4-1-5-13-25)30-17-9-8-16-27(29)30/h1-2,4-9,12-17,24,28H,3,10-11,18-23H2,(H,32,35). The summed E-state index contributed by atoms with van der Waals surface area (Å²) < 4.78 is 2.32. The van der Waals surface area contributed by atoms with Crippen molar-refractivity contribution in [3.8, 4) is 0 Å². The van der Waals surface area contributed by atoms with E-state index in [1.807, 2.05) is 6.07 Å². The van der Waals surface area contributed by atoms with Crippen molar-refractivity contribution in [2.24, 2.45) is 0 Å². The summed E-state index contributed by atoms with van der Waals surface area (Å²) in [4.78, 5) is 15.6. The number of carbonyl (C=O) groups is 1. The number of para-hydroxylation sites is 1. The van der Waals surface area contributed by atoms with Gasteiger partial charge < -0.3 is 14.8 Å². The maximum Gasteiger partial charge on any atom is 0.220 e. The second-order valence-electron chi connectivity index (χ2n) is 9.63. The molecule has 180 valence electrons. The van der Waals surface area contributed by atoms with Crippen LogP contribution < -0.4 is 5.32 Å². The number of hydrogen-bond donors (Lipinski definition) is 1. The summed E-state index contributed by atoms with van der Waals surface area (Å²) in [5.41, 5.74) is 4.87. The molecule has 2 heterocycles. The average molecular weight is 466 g/mol. The van der Waals surface area contributed by atoms with Crippen molar-refractivity contribution in [3.63, 3.8) is 0 Å². The van der Waals surface area contributed by atoms with Gasteiger partial charge in [-0.25, -0.2) is 0 Å². The molecule has 4 aromatic rings. The molecule has 0 aliphatic carbocycles. The molecule has 1 atom stereocenters. The summed E-state index contributed by atoms with van der Waals surface area (Å²) in [6, 6.07) is 29.6. The van der Waals surface area contributed by atoms with Gasteiger partial charge in [-0.05, 0) is 48.7 Å². The van der Waals surface area contributed by atoms with Crippen LogP contribution in [0, 0.1) is 0 Å². The zero-order valence-corrected chi connectivity index (χ0v) is 20.4. The molecule has 0 saturated carbocycles. The Morgan fingerprint density at radius 2 is 1.51 bits per heavy atom. The van der Waals surface area contributed by atoms with E-state index < -0.39 is 0 Å². The predicted octanol–water partition coefficient (Wildman–Crippen LogP) is 5.81. The SMILES string of the molecule is O=C(CC(c1ccccc1)c1cn(Cc2ccccc2)c2ccccc12)NCCN1CCCCC1. The number of hydrogen-bond acceptors (Lipinski definition) is 2. The molecule has 4 heteroatoms. The number of likely N-dealkylation sites (tertiary alicyclic amines) is 1. The molecule has 4 nitrogen and oxygen atoms in total. The van der Waals surface area contributed by atoms with Crippen molar-refractivity contribution in [1.29, 1.82) is 0 Å². The van der Waals surface area contributed by atoms with E-state index in [1.165, 1.54) is 46.9 Å². The second kappa shape index (κ2) is 11.4. The van der Waals surface area contributed by atoms with Crippen molar-refractivity contribution in [1.82, 2.24) is 14.8 Å². The Balaban J connectivity index is 1.39. The number of rotatable bonds is 9. The fourth-order valence-electron chi connectivity index (χ4n) is 5.35. The van der Waals surface area contributed by atoms with Crippen LogP contribution >= 0.6 is 0 Å². The molecule has 1 N–H and O–H groups in total. The van der Waals surface area contributed by atoms with Crippen LogP contribution in [0.3, 0.4) is 0 Å². The summed E-state index contributed by atoms with van der Waals surface area (Å²) in [6.07, 6.45) is 6.59. The van der Waals surface area contributed by atoms with Gasteiger partial charge in [0.25, 0.3) is 0 Å². The number of carbonyl (C=O) groups excluding carboxylic acids is 1. The smallest absolute Gasteiger partial charge is 0.220 e. The molecule has 1 aliphatic rings. The molecule has 1 aromatic heterocycles. The first-order valence-electron chi connectivity index (χ1n) is 12.9. The lowest BCUT2D eigenvalue weighted by molar-refractivity contribution is -0.121. The van der Waals surface area contributed by atoms with Crippen molar-refractivity contribution >= 4 is 16.8 Å². The van der Waals surface area contributed by atoms with E-state index in [0.29, 0.717) is 6.42 Å². The zero-order chi connectivity index (χ0) is 23.9. The number of nitrogens with zero attached hydrogens (tertiary/aromatic N) is 2. The van der Waals surface area contributed by atoms with E-state index in [2.05, 4.69) is 99.8 Å². The van der Waals surface area contributed by atoms with Gasteiger partial charge in [-0.3, -0.25) is 4.79 Å². The Hall–Kier alpha value is -3.37. The van der Waals surface area contributed by atoms with E-state index in [0.717, 1.165) is 32.7 Å². The van der Waals surface area contributed by atoms with Crippen LogP contribution in [0.1, 0.15) is 48.3 Å². The van der Waals surface area contributed by atoms with Gasteiger partial charge >= 0.3 is 0 Å². The first-order chi connectivity index (χ1) is 17.3. The summed E-state index contributed by atoms with van der Waals surface area (Å²) in [7, 11) is 0. The van der Waals surface area contributed by atoms with Crippen LogP contribution in [0.2, 0.25) is 0 Å². The second-order valence-corrected chi connectivity index (χ2v) is 9.63. The summed E-state index contributed by atoms with van der Waals surface area (Å²) in [5, 5.41) is 4.43. The minimum atomic E-state index is 0.00751. The molecular formula is C31H35N3O. The summed E-state index contributed by atoms with van der Waals surface area (Å²) in [6.45, 7) is 4.78. The molecule has 0 radical (unpaired) electrons. The van der Waals surface area contributed by atoms with Crippen molar-refractivity contribution < 1.29 is 4.79 Å². The molecule has 0 spiro atoms. The molecule has 1 fully saturated rings. The fourth-order valence-corrected chi connectivity index (χ4v) is 5.35. The van der Waals surface area contributed by atoms with E-state index in [4.69, 9.17) is 0 Å². The van der Waals surface area contributed by atoms with E-state index in [-0.39, 0.29) is 11.8 Å². The van der Waals surface area contributed by atoms with Crippen molar-refractivity contribution in [3.05, 3.63) is 108 Å². The summed E-state index contributed by atoms with van der Waals surface area (Å²) >= 11 is 0. The van der Waals surface area contributed by atoms with Crippen molar-refractivity contribution in [2.75, 3.05) is 26.2 Å². The van der Waals surface area contributed by atoms with Crippen LogP contribution in [0.15, 0.2) is 91.1 Å². The van der Waals surface area contributed by atoms with Gasteiger partial charge in [0.05, 0.1) is 0 Å². The zero-order valence-electron chi connectivity index (χ0n) is 20.4. The molecule has 35 heavy (non-hydrogen) atoms. The number of amides is 1. The minimum Gasteiger partial charge on any atom is -0.355 e. The first kappa shape index (κ1) is 23.4. The number of fused-ring (bicyclic) bond motifs is 1. The van der Waals surface area contributed by atoms with Gasteiger partial charge in [-0.1, -0.05) is 85.3 Å². The number of piperidine rings is 1. The van der Waals surface area contributed by atoms with Crippen LogP contribution in [0.5, 0.6) is 0 Å². The van der Waals surface area contributed by atoms with Gasteiger partial charge in [0.15, 0.2) is 0 Å². The lowest BCUT2D eigenvalue weighted by atomic mass is 9.88. The minimum absolute atomic E-state index is 0.00751. The van der Waals surface area contributed by atoms with E-state index in [1.54, 1.807) is 0 Å². The Bertz CT molecular complexity index is 1230. The normalized spacial score (nSPS) is 15.2. The molecule has 1 unspecified atom stereocenters. The average Bonchev–Trinajstić information content (AvgIpc) is 3.27. The molecule has 3 aromatic carbocycles. The van der Waals surface area contributed by atoms with Gasteiger partial charge in [0.1, 0.15) is 0 Å². The Morgan fingerprint density at radius 1 is 0.829 bits per heavy atom. The van der Waals surface area contributed by atoms with E-state index in [9.17, 15) is 4.79 Å². The summed E-state index contributed by atoms with van der Waals surface area (Å²) in [5.74, 6) is 0.129. The third-order valence-electron chi connectivity index (χ3n) is 7.18. The highest BCUT2D eigenvalue weighted by atomic mass is 16.1. The number of aromatic nitrogens is 1. The third-order valence-corrected chi connectivity index (χ3v) is 7.18. The quantitative estimate of drug-likeness (QED) is 0.338. The van der Waals surface area contributed by atoms with Crippen LogP contribution in [0.25, 0.3) is 10.9 Å². The maximum absolute atomic E-state index is 13.1. The predicted molar refractivity (Wildman–Crippen MR) is 144 cm³/mol. The third kappa shape index (κ3) is 5.83. The van der Waals surface area contributed by atoms with Gasteiger partial charge in [-0.15, -0.1) is 0 Å². The monoisotopic (exact) mass is 465 g/mol. The topological polar surface area (TPSA) is 37.3 Å². The largest absolute Gasteiger partial charge is 0.355 e. The molecule has 1 saturated heterocycles. The lowest BCUT2D eigenvalue weighted by Gasteiger charge is -2.26. The van der Waals surface area contributed by atoms with Crippen LogP contribution in [0.4, 0.5) is 0 Å². The highest BCUT2D eigenvalue weighted by Crippen LogP contribution is 2.35. The molecule has 1 amide bonds. The van der Waals surface area contributed by atoms with Crippen LogP contribution in [-0.4, -0.2) is 41.6 Å². The van der Waals surface area contributed by atoms with Crippen molar-refractivity contribution in [2.45, 2.75) is 38.1 Å². The van der Waals surface area contributed by atoms with Gasteiger partial charge in [-0.2, -0.15) is 0 Å². The lowest BCUT2D eigenvalue weighted by Crippen LogP contribution is -2.38. The highest BCUT2D eigenvalue weighted by molar-refractivity contribution is 5.86. The first-order valence-corrected chi connectivity index (χ1v) is 12.9. The Kier molecular flexibility index (Phi) is 7.59. The maximum atomic E-state index is 13.1. The Morgan fingerprint density at radius 3 is 2.29 bits per heavy atom. The number of nitrogens with one attached hydrogen (secondary N) is 1. The van der Waals surface area contributed by atoms with Crippen LogP contribution in [-0.2, 0) is 11.3 Å². The van der Waals surface area contributed by atoms with E-state index >= 15 is 0 Å². The number of benzene rings is 3. The molecular weight excluding hydrogens is 430 g/mol. The van der Waals surface area contributed by atoms with Gasteiger partial charge in [0.2, 0.25) is 5.91 Å². The van der Waals surface area contributed by atoms with Gasteiger partial charge in [0, 0.05) is 49.1 Å². The fraction of sp³-hybridized carbons (Fsp3) is 0.323. The molecule has 5 rings (SSSR count). The highest BCUT2D eigenvalue weighted by Gasteiger charge is 2.23. The molecule has 0 bridgehead atoms.